The van der Waals surface area contributed by atoms with E-state index < -0.39 is 13.9 Å². The summed E-state index contributed by atoms with van der Waals surface area (Å²) in [7, 11) is -1.82. The molecule has 0 bridgehead atoms. The first-order valence-corrected chi connectivity index (χ1v) is 13.5. The number of benzene rings is 1. The Kier molecular flexibility index (Phi) is 5.19. The maximum Gasteiger partial charge on any atom is 0.303 e. The molecule has 3 nitrogen and oxygen atoms in total. The van der Waals surface area contributed by atoms with Crippen LogP contribution in [0.3, 0.4) is 0 Å². The Balaban J connectivity index is 1.84. The molecule has 0 aliphatic heterocycles. The van der Waals surface area contributed by atoms with Gasteiger partial charge in [0, 0.05) is 33.8 Å². The predicted octanol–water partition coefficient (Wildman–Crippen LogP) is 6.61. The zero-order valence-electron chi connectivity index (χ0n) is 16.3. The minimum absolute atomic E-state index is 0.159. The SMILES string of the molecule is CC(=O)OC1(c2cc3ccc(Br)cc3s2)CC(O[Si](C)(C)C(C)(C)C)C1. The number of hydrogen-bond acceptors (Lipinski definition) is 4. The number of carbonyl (C=O) groups is 1. The van der Waals surface area contributed by atoms with E-state index in [1.807, 2.05) is 6.07 Å². The fourth-order valence-electron chi connectivity index (χ4n) is 3.19. The Morgan fingerprint density at radius 2 is 1.92 bits per heavy atom. The van der Waals surface area contributed by atoms with Gasteiger partial charge in [-0.3, -0.25) is 4.79 Å². The van der Waals surface area contributed by atoms with E-state index in [4.69, 9.17) is 9.16 Å². The minimum atomic E-state index is -1.82. The van der Waals surface area contributed by atoms with Crippen LogP contribution in [0.15, 0.2) is 28.7 Å². The highest BCUT2D eigenvalue weighted by molar-refractivity contribution is 9.10. The lowest BCUT2D eigenvalue weighted by atomic mass is 9.76. The molecule has 0 saturated heterocycles. The quantitative estimate of drug-likeness (QED) is 0.385. The van der Waals surface area contributed by atoms with E-state index in [1.165, 1.54) is 17.0 Å². The van der Waals surface area contributed by atoms with Gasteiger partial charge in [-0.25, -0.2) is 0 Å². The van der Waals surface area contributed by atoms with E-state index in [0.29, 0.717) is 0 Å². The molecule has 0 spiro atoms. The van der Waals surface area contributed by atoms with Gasteiger partial charge in [-0.15, -0.1) is 11.3 Å². The molecule has 3 rings (SSSR count). The fourth-order valence-corrected chi connectivity index (χ4v) is 6.31. The van der Waals surface area contributed by atoms with Gasteiger partial charge in [0.25, 0.3) is 0 Å². The van der Waals surface area contributed by atoms with Gasteiger partial charge in [-0.05, 0) is 41.7 Å². The van der Waals surface area contributed by atoms with Crippen molar-refractivity contribution in [3.05, 3.63) is 33.6 Å². The molecule has 1 fully saturated rings. The second-order valence-electron chi connectivity index (χ2n) is 8.79. The van der Waals surface area contributed by atoms with Crippen molar-refractivity contribution < 1.29 is 14.0 Å². The molecule has 0 amide bonds. The Labute approximate surface area is 169 Å². The van der Waals surface area contributed by atoms with Crippen LogP contribution in [0.5, 0.6) is 0 Å². The summed E-state index contributed by atoms with van der Waals surface area (Å²) >= 11 is 5.24. The summed E-state index contributed by atoms with van der Waals surface area (Å²) < 4.78 is 14.6. The van der Waals surface area contributed by atoms with Crippen molar-refractivity contribution >= 4 is 51.6 Å². The zero-order chi connectivity index (χ0) is 19.3. The molecule has 1 saturated carbocycles. The Morgan fingerprint density at radius 3 is 2.50 bits per heavy atom. The highest BCUT2D eigenvalue weighted by Gasteiger charge is 2.53. The van der Waals surface area contributed by atoms with Gasteiger partial charge < -0.3 is 9.16 Å². The number of esters is 1. The molecule has 6 heteroatoms. The van der Waals surface area contributed by atoms with Crippen molar-refractivity contribution in [3.63, 3.8) is 0 Å². The maximum atomic E-state index is 11.8. The number of thiophene rings is 1. The van der Waals surface area contributed by atoms with E-state index in [9.17, 15) is 4.79 Å². The van der Waals surface area contributed by atoms with Gasteiger partial charge in [0.2, 0.25) is 0 Å². The van der Waals surface area contributed by atoms with Crippen LogP contribution in [-0.2, 0) is 19.6 Å². The second kappa shape index (κ2) is 6.73. The maximum absolute atomic E-state index is 11.8. The van der Waals surface area contributed by atoms with Crippen LogP contribution in [0.2, 0.25) is 18.1 Å². The summed E-state index contributed by atoms with van der Waals surface area (Å²) in [6.07, 6.45) is 1.65. The summed E-state index contributed by atoms with van der Waals surface area (Å²) in [5, 5.41) is 1.37. The third-order valence-corrected chi connectivity index (χ3v) is 12.0. The molecule has 1 aromatic carbocycles. The summed E-state index contributed by atoms with van der Waals surface area (Å²) in [6.45, 7) is 12.8. The largest absolute Gasteiger partial charge is 0.453 e. The number of halogens is 1. The highest BCUT2D eigenvalue weighted by atomic mass is 79.9. The van der Waals surface area contributed by atoms with Gasteiger partial charge in [0.05, 0.1) is 6.10 Å². The van der Waals surface area contributed by atoms with Crippen molar-refractivity contribution in [2.45, 2.75) is 70.4 Å². The normalized spacial score (nSPS) is 23.7. The monoisotopic (exact) mass is 454 g/mol. The molecule has 0 atom stereocenters. The van der Waals surface area contributed by atoms with Crippen LogP contribution in [0.25, 0.3) is 10.1 Å². The van der Waals surface area contributed by atoms with Gasteiger partial charge >= 0.3 is 5.97 Å². The summed E-state index contributed by atoms with van der Waals surface area (Å²) in [6, 6.07) is 8.43. The van der Waals surface area contributed by atoms with E-state index in [1.54, 1.807) is 11.3 Å². The molecule has 0 radical (unpaired) electrons. The van der Waals surface area contributed by atoms with Gasteiger partial charge in [0.1, 0.15) is 0 Å². The molecular weight excluding hydrogens is 428 g/mol. The first-order valence-electron chi connectivity index (χ1n) is 8.99. The number of fused-ring (bicyclic) bond motifs is 1. The summed E-state index contributed by atoms with van der Waals surface area (Å²) in [4.78, 5) is 12.9. The average molecular weight is 455 g/mol. The standard InChI is InChI=1S/C20H27BrO3SSi/c1-13(22)23-20(11-16(12-20)24-26(5,6)19(2,3)4)18-9-14-7-8-15(21)10-17(14)25-18/h7-10,16H,11-12H2,1-6H3. The molecular formula is C20H27BrO3SSi. The van der Waals surface area contributed by atoms with Crippen LogP contribution in [0.4, 0.5) is 0 Å². The molecule has 0 N–H and O–H groups in total. The van der Waals surface area contributed by atoms with E-state index in [2.05, 4.69) is 68.0 Å². The van der Waals surface area contributed by atoms with E-state index in [0.717, 1.165) is 22.2 Å². The van der Waals surface area contributed by atoms with Gasteiger partial charge in [-0.1, -0.05) is 42.8 Å². The first kappa shape index (κ1) is 20.1. The van der Waals surface area contributed by atoms with Crippen LogP contribution >= 0.6 is 27.3 Å². The molecule has 1 aromatic heterocycles. The fraction of sp³-hybridized carbons (Fsp3) is 0.550. The number of ether oxygens (including phenoxy) is 1. The molecule has 1 aliphatic carbocycles. The zero-order valence-corrected chi connectivity index (χ0v) is 19.7. The molecule has 142 valence electrons. The Morgan fingerprint density at radius 1 is 1.27 bits per heavy atom. The van der Waals surface area contributed by atoms with Crippen LogP contribution in [-0.4, -0.2) is 20.4 Å². The molecule has 1 heterocycles. The first-order chi connectivity index (χ1) is 11.9. The van der Waals surface area contributed by atoms with Crippen LogP contribution in [0.1, 0.15) is 45.4 Å². The van der Waals surface area contributed by atoms with Crippen molar-refractivity contribution in [1.82, 2.24) is 0 Å². The molecule has 26 heavy (non-hydrogen) atoms. The highest BCUT2D eigenvalue weighted by Crippen LogP contribution is 2.52. The summed E-state index contributed by atoms with van der Waals surface area (Å²) in [5.74, 6) is -0.227. The van der Waals surface area contributed by atoms with Crippen LogP contribution in [0, 0.1) is 0 Å². The van der Waals surface area contributed by atoms with Crippen molar-refractivity contribution in [2.75, 3.05) is 0 Å². The average Bonchev–Trinajstić information content (AvgIpc) is 2.85. The summed E-state index contributed by atoms with van der Waals surface area (Å²) in [5.41, 5.74) is -0.533. The van der Waals surface area contributed by atoms with Crippen molar-refractivity contribution in [1.29, 1.82) is 0 Å². The van der Waals surface area contributed by atoms with E-state index >= 15 is 0 Å². The number of rotatable bonds is 4. The third kappa shape index (κ3) is 3.79. The topological polar surface area (TPSA) is 35.5 Å². The van der Waals surface area contributed by atoms with Crippen LogP contribution < -0.4 is 0 Å². The minimum Gasteiger partial charge on any atom is -0.453 e. The lowest BCUT2D eigenvalue weighted by Crippen LogP contribution is -2.54. The lowest BCUT2D eigenvalue weighted by molar-refractivity contribution is -0.182. The van der Waals surface area contributed by atoms with Gasteiger partial charge in [-0.2, -0.15) is 0 Å². The third-order valence-electron chi connectivity index (χ3n) is 5.65. The number of hydrogen-bond donors (Lipinski definition) is 0. The molecule has 2 aromatic rings. The lowest BCUT2D eigenvalue weighted by Gasteiger charge is -2.50. The molecule has 1 aliphatic rings. The predicted molar refractivity (Wildman–Crippen MR) is 114 cm³/mol. The van der Waals surface area contributed by atoms with E-state index in [-0.39, 0.29) is 17.1 Å². The van der Waals surface area contributed by atoms with Crippen molar-refractivity contribution in [3.8, 4) is 0 Å². The molecule has 0 unspecified atom stereocenters. The van der Waals surface area contributed by atoms with Crippen molar-refractivity contribution in [2.24, 2.45) is 0 Å². The smallest absolute Gasteiger partial charge is 0.303 e. The number of carbonyl (C=O) groups excluding carboxylic acids is 1. The Hall–Kier alpha value is -0.693. The second-order valence-corrected chi connectivity index (χ2v) is 15.5. The van der Waals surface area contributed by atoms with Gasteiger partial charge in [0.15, 0.2) is 13.9 Å². The Bertz CT molecular complexity index is 831.